The Bertz CT molecular complexity index is 1030. The zero-order valence-corrected chi connectivity index (χ0v) is 18.2. The lowest BCUT2D eigenvalue weighted by molar-refractivity contribution is 0.0792. The first kappa shape index (κ1) is 23.1. The Kier molecular flexibility index (Phi) is 7.27. The number of hydrogen-bond acceptors (Lipinski definition) is 4. The van der Waals surface area contributed by atoms with Crippen LogP contribution in [0.3, 0.4) is 0 Å². The molecule has 0 spiro atoms. The van der Waals surface area contributed by atoms with Crippen molar-refractivity contribution in [2.24, 2.45) is 0 Å². The topological polar surface area (TPSA) is 75.7 Å². The average Bonchev–Trinajstić information content (AvgIpc) is 2.73. The van der Waals surface area contributed by atoms with E-state index in [1.807, 2.05) is 24.3 Å². The number of likely N-dealkylation sites (tertiary alicyclic amines) is 1. The third-order valence-electron chi connectivity index (χ3n) is 5.40. The standard InChI is InChI=1S/C22H26F2N2O4S/c1-30-22(27)26-11-5-10-19(25-31(2,28)29)20(26)13-15-6-3-7-16(12-15)17-8-4-9-18(14-17)21(23)24/h3-4,6-9,12,14,19-21,25H,5,10-11,13H2,1-2H3/t19-,20-/m1/s1. The summed E-state index contributed by atoms with van der Waals surface area (Å²) in [6.07, 6.45) is -0.323. The fourth-order valence-corrected chi connectivity index (χ4v) is 4.86. The van der Waals surface area contributed by atoms with E-state index in [1.54, 1.807) is 17.0 Å². The van der Waals surface area contributed by atoms with Crippen molar-refractivity contribution in [3.8, 4) is 11.1 Å². The molecule has 6 nitrogen and oxygen atoms in total. The first-order chi connectivity index (χ1) is 14.7. The molecule has 0 radical (unpaired) electrons. The third-order valence-corrected chi connectivity index (χ3v) is 6.13. The van der Waals surface area contributed by atoms with Gasteiger partial charge in [0.1, 0.15) is 0 Å². The number of nitrogens with zero attached hydrogens (tertiary/aromatic N) is 1. The molecule has 1 heterocycles. The van der Waals surface area contributed by atoms with Crippen molar-refractivity contribution >= 4 is 16.1 Å². The Balaban J connectivity index is 1.91. The summed E-state index contributed by atoms with van der Waals surface area (Å²) in [7, 11) is -2.17. The van der Waals surface area contributed by atoms with Crippen LogP contribution in [-0.2, 0) is 21.2 Å². The Morgan fingerprint density at radius 2 is 1.87 bits per heavy atom. The van der Waals surface area contributed by atoms with Crippen molar-refractivity contribution in [3.63, 3.8) is 0 Å². The van der Waals surface area contributed by atoms with Crippen LogP contribution in [0.15, 0.2) is 48.5 Å². The second-order valence-electron chi connectivity index (χ2n) is 7.70. The number of benzene rings is 2. The second-order valence-corrected chi connectivity index (χ2v) is 9.48. The molecule has 3 rings (SSSR count). The van der Waals surface area contributed by atoms with E-state index in [4.69, 9.17) is 4.74 Å². The van der Waals surface area contributed by atoms with Crippen LogP contribution in [0, 0.1) is 0 Å². The van der Waals surface area contributed by atoms with Crippen LogP contribution in [0.25, 0.3) is 11.1 Å². The summed E-state index contributed by atoms with van der Waals surface area (Å²) >= 11 is 0. The minimum Gasteiger partial charge on any atom is -0.453 e. The van der Waals surface area contributed by atoms with E-state index >= 15 is 0 Å². The minimum atomic E-state index is -3.47. The lowest BCUT2D eigenvalue weighted by atomic mass is 9.90. The molecule has 2 aromatic carbocycles. The van der Waals surface area contributed by atoms with Crippen molar-refractivity contribution in [1.29, 1.82) is 0 Å². The Morgan fingerprint density at radius 3 is 2.52 bits per heavy atom. The quantitative estimate of drug-likeness (QED) is 0.719. The number of sulfonamides is 1. The molecule has 31 heavy (non-hydrogen) atoms. The first-order valence-corrected chi connectivity index (χ1v) is 11.9. The highest BCUT2D eigenvalue weighted by molar-refractivity contribution is 7.88. The maximum Gasteiger partial charge on any atom is 0.409 e. The van der Waals surface area contributed by atoms with Crippen molar-refractivity contribution in [2.45, 2.75) is 37.8 Å². The molecule has 2 atom stereocenters. The Labute approximate surface area is 181 Å². The summed E-state index contributed by atoms with van der Waals surface area (Å²) in [6.45, 7) is 0.468. The molecular formula is C22H26F2N2O4S. The van der Waals surface area contributed by atoms with E-state index in [9.17, 15) is 22.0 Å². The van der Waals surface area contributed by atoms with Crippen molar-refractivity contribution in [3.05, 3.63) is 59.7 Å². The lowest BCUT2D eigenvalue weighted by Gasteiger charge is -2.40. The predicted molar refractivity (Wildman–Crippen MR) is 114 cm³/mol. The molecule has 0 aromatic heterocycles. The van der Waals surface area contributed by atoms with Gasteiger partial charge in [-0.15, -0.1) is 0 Å². The molecule has 168 valence electrons. The van der Waals surface area contributed by atoms with E-state index in [0.717, 1.165) is 17.4 Å². The number of methoxy groups -OCH3 is 1. The number of hydrogen-bond donors (Lipinski definition) is 1. The highest BCUT2D eigenvalue weighted by Gasteiger charge is 2.36. The molecule has 2 aromatic rings. The van der Waals surface area contributed by atoms with Crippen LogP contribution >= 0.6 is 0 Å². The number of carbonyl (C=O) groups excluding carboxylic acids is 1. The smallest absolute Gasteiger partial charge is 0.409 e. The second kappa shape index (κ2) is 9.74. The molecule has 1 aliphatic heterocycles. The molecule has 0 aliphatic carbocycles. The van der Waals surface area contributed by atoms with Crippen molar-refractivity contribution in [2.75, 3.05) is 19.9 Å². The number of carbonyl (C=O) groups is 1. The largest absolute Gasteiger partial charge is 0.453 e. The van der Waals surface area contributed by atoms with E-state index in [-0.39, 0.29) is 5.56 Å². The molecule has 0 saturated carbocycles. The summed E-state index contributed by atoms with van der Waals surface area (Å²) in [5.74, 6) is 0. The molecular weight excluding hydrogens is 426 g/mol. The van der Waals surface area contributed by atoms with Gasteiger partial charge in [-0.2, -0.15) is 0 Å². The number of alkyl halides is 2. The van der Waals surface area contributed by atoms with Crippen LogP contribution < -0.4 is 4.72 Å². The summed E-state index contributed by atoms with van der Waals surface area (Å²) in [5, 5.41) is 0. The predicted octanol–water partition coefficient (Wildman–Crippen LogP) is 3.98. The molecule has 1 N–H and O–H groups in total. The number of halogens is 2. The third kappa shape index (κ3) is 6.01. The van der Waals surface area contributed by atoms with Crippen molar-refractivity contribution in [1.82, 2.24) is 9.62 Å². The summed E-state index contributed by atoms with van der Waals surface area (Å²) in [6, 6.07) is 12.7. The monoisotopic (exact) mass is 452 g/mol. The van der Waals surface area contributed by atoms with Crippen molar-refractivity contribution < 1.29 is 26.7 Å². The zero-order valence-electron chi connectivity index (χ0n) is 17.4. The van der Waals surface area contributed by atoms with Gasteiger partial charge in [-0.05, 0) is 42.0 Å². The summed E-state index contributed by atoms with van der Waals surface area (Å²) in [4.78, 5) is 13.9. The molecule has 9 heteroatoms. The minimum absolute atomic E-state index is 0.0514. The van der Waals surface area contributed by atoms with Crippen LogP contribution in [-0.4, -0.2) is 51.4 Å². The van der Waals surface area contributed by atoms with Gasteiger partial charge in [-0.25, -0.2) is 26.7 Å². The fraction of sp³-hybridized carbons (Fsp3) is 0.409. The highest BCUT2D eigenvalue weighted by atomic mass is 32.2. The first-order valence-electron chi connectivity index (χ1n) is 9.97. The van der Waals surface area contributed by atoms with E-state index in [2.05, 4.69) is 4.72 Å². The maximum atomic E-state index is 13.1. The number of piperidine rings is 1. The Morgan fingerprint density at radius 1 is 1.19 bits per heavy atom. The summed E-state index contributed by atoms with van der Waals surface area (Å²) in [5.41, 5.74) is 2.25. The Hall–Kier alpha value is -2.52. The van der Waals surface area contributed by atoms with Gasteiger partial charge in [0, 0.05) is 18.2 Å². The number of ether oxygens (including phenoxy) is 1. The molecule has 1 amide bonds. The number of nitrogens with one attached hydrogen (secondary N) is 1. The van der Waals surface area contributed by atoms with E-state index in [0.29, 0.717) is 31.4 Å². The number of amides is 1. The van der Waals surface area contributed by atoms with Gasteiger partial charge in [0.15, 0.2) is 0 Å². The van der Waals surface area contributed by atoms with Crippen LogP contribution in [0.2, 0.25) is 0 Å². The molecule has 1 fully saturated rings. The van der Waals surface area contributed by atoms with Gasteiger partial charge in [0.2, 0.25) is 10.0 Å². The molecule has 1 aliphatic rings. The van der Waals surface area contributed by atoms with E-state index in [1.165, 1.54) is 19.2 Å². The molecule has 0 unspecified atom stereocenters. The lowest BCUT2D eigenvalue weighted by Crippen LogP contribution is -2.57. The van der Waals surface area contributed by atoms with Crippen LogP contribution in [0.4, 0.5) is 13.6 Å². The van der Waals surface area contributed by atoms with Gasteiger partial charge in [-0.1, -0.05) is 42.5 Å². The van der Waals surface area contributed by atoms with Gasteiger partial charge in [-0.3, -0.25) is 0 Å². The van der Waals surface area contributed by atoms with Crippen LogP contribution in [0.1, 0.15) is 30.4 Å². The maximum absolute atomic E-state index is 13.1. The molecule has 1 saturated heterocycles. The van der Waals surface area contributed by atoms with E-state index < -0.39 is 34.6 Å². The van der Waals surface area contributed by atoms with Gasteiger partial charge < -0.3 is 9.64 Å². The zero-order chi connectivity index (χ0) is 22.6. The average molecular weight is 453 g/mol. The fourth-order valence-electron chi connectivity index (χ4n) is 4.04. The molecule has 0 bridgehead atoms. The van der Waals surface area contributed by atoms with Gasteiger partial charge in [0.25, 0.3) is 6.43 Å². The van der Waals surface area contributed by atoms with Gasteiger partial charge >= 0.3 is 6.09 Å². The number of rotatable bonds is 6. The normalized spacial score (nSPS) is 19.5. The highest BCUT2D eigenvalue weighted by Crippen LogP contribution is 2.28. The SMILES string of the molecule is COC(=O)N1CCC[C@@H](NS(C)(=O)=O)[C@H]1Cc1cccc(-c2cccc(C(F)F)c2)c1. The van der Waals surface area contributed by atoms with Gasteiger partial charge in [0.05, 0.1) is 19.4 Å². The summed E-state index contributed by atoms with van der Waals surface area (Å²) < 4.78 is 57.4. The van der Waals surface area contributed by atoms with Crippen LogP contribution in [0.5, 0.6) is 0 Å².